The summed E-state index contributed by atoms with van der Waals surface area (Å²) in [5.41, 5.74) is 4.11. The van der Waals surface area contributed by atoms with Gasteiger partial charge in [-0.3, -0.25) is 9.79 Å². The maximum absolute atomic E-state index is 12.0. The van der Waals surface area contributed by atoms with Crippen molar-refractivity contribution < 1.29 is 9.53 Å². The summed E-state index contributed by atoms with van der Waals surface area (Å²) in [4.78, 5) is 26.0. The zero-order chi connectivity index (χ0) is 21.1. The van der Waals surface area contributed by atoms with Crippen LogP contribution in [0, 0.1) is 0 Å². The number of nitrogens with zero attached hydrogens (tertiary/aromatic N) is 3. The number of allylic oxidation sites excluding steroid dienone is 1. The van der Waals surface area contributed by atoms with Crippen molar-refractivity contribution in [3.63, 3.8) is 0 Å². The van der Waals surface area contributed by atoms with Crippen molar-refractivity contribution in [1.29, 1.82) is 0 Å². The normalized spacial score (nSPS) is 14.0. The van der Waals surface area contributed by atoms with Gasteiger partial charge in [0.1, 0.15) is 17.3 Å². The first-order chi connectivity index (χ1) is 14.5. The minimum absolute atomic E-state index is 0.0530. The molecule has 2 aromatic carbocycles. The predicted octanol–water partition coefficient (Wildman–Crippen LogP) is 4.97. The van der Waals surface area contributed by atoms with Gasteiger partial charge in [0.25, 0.3) is 0 Å². The van der Waals surface area contributed by atoms with Crippen LogP contribution in [0.25, 0.3) is 16.6 Å². The monoisotopic (exact) mass is 402 g/mol. The van der Waals surface area contributed by atoms with Gasteiger partial charge in [0.15, 0.2) is 0 Å². The number of hydrogen-bond donors (Lipinski definition) is 1. The molecule has 0 bridgehead atoms. The van der Waals surface area contributed by atoms with Crippen molar-refractivity contribution in [1.82, 2.24) is 14.9 Å². The molecule has 0 spiro atoms. The first-order valence-corrected chi connectivity index (χ1v) is 10.3. The van der Waals surface area contributed by atoms with Crippen molar-refractivity contribution in [2.24, 2.45) is 4.99 Å². The van der Waals surface area contributed by atoms with Gasteiger partial charge in [-0.15, -0.1) is 0 Å². The fraction of sp³-hybridized carbons (Fsp3) is 0.292. The third kappa shape index (κ3) is 4.27. The number of aromatic nitrogens is 2. The van der Waals surface area contributed by atoms with Crippen LogP contribution in [0.5, 0.6) is 11.5 Å². The van der Waals surface area contributed by atoms with Crippen LogP contribution in [0.15, 0.2) is 53.5 Å². The van der Waals surface area contributed by atoms with E-state index in [1.165, 1.54) is 5.57 Å². The summed E-state index contributed by atoms with van der Waals surface area (Å²) >= 11 is 0. The van der Waals surface area contributed by atoms with Crippen LogP contribution in [0.3, 0.4) is 0 Å². The maximum Gasteiger partial charge on any atom is 0.220 e. The molecule has 154 valence electrons. The van der Waals surface area contributed by atoms with Gasteiger partial charge in [-0.1, -0.05) is 19.1 Å². The van der Waals surface area contributed by atoms with Crippen LogP contribution in [-0.2, 0) is 11.3 Å². The molecule has 1 aliphatic rings. The minimum atomic E-state index is 0.0530. The van der Waals surface area contributed by atoms with Gasteiger partial charge in [-0.05, 0) is 54.8 Å². The van der Waals surface area contributed by atoms with Crippen LogP contribution in [-0.4, -0.2) is 39.6 Å². The number of aliphatic imine (C=N–C) groups is 1. The molecular weight excluding hydrogens is 376 g/mol. The van der Waals surface area contributed by atoms with Crippen LogP contribution in [0.4, 0.5) is 0 Å². The highest BCUT2D eigenvalue weighted by Crippen LogP contribution is 2.27. The number of fused-ring (bicyclic) bond motifs is 1. The Morgan fingerprint density at radius 3 is 2.63 bits per heavy atom. The van der Waals surface area contributed by atoms with Crippen LogP contribution < -0.4 is 4.74 Å². The molecule has 1 atom stereocenters. The molecule has 0 unspecified atom stereocenters. The van der Waals surface area contributed by atoms with Gasteiger partial charge < -0.3 is 14.6 Å². The lowest BCUT2D eigenvalue weighted by atomic mass is 10.1. The van der Waals surface area contributed by atoms with E-state index >= 15 is 0 Å². The fourth-order valence-electron chi connectivity index (χ4n) is 3.55. The van der Waals surface area contributed by atoms with E-state index in [9.17, 15) is 4.79 Å². The Kier molecular flexibility index (Phi) is 5.65. The lowest BCUT2D eigenvalue weighted by Gasteiger charge is -2.26. The van der Waals surface area contributed by atoms with E-state index < -0.39 is 0 Å². The van der Waals surface area contributed by atoms with Gasteiger partial charge in [0, 0.05) is 25.2 Å². The van der Waals surface area contributed by atoms with Crippen LogP contribution >= 0.6 is 0 Å². The van der Waals surface area contributed by atoms with Crippen molar-refractivity contribution in [3.05, 3.63) is 59.9 Å². The number of nitrogens with one attached hydrogen (secondary N) is 1. The zero-order valence-corrected chi connectivity index (χ0v) is 17.6. The Balaban J connectivity index is 1.49. The summed E-state index contributed by atoms with van der Waals surface area (Å²) in [6.45, 7) is 6.93. The van der Waals surface area contributed by atoms with E-state index in [1.807, 2.05) is 59.7 Å². The number of rotatable bonds is 7. The number of amides is 1. The van der Waals surface area contributed by atoms with E-state index in [-0.39, 0.29) is 11.9 Å². The third-order valence-electron chi connectivity index (χ3n) is 5.45. The number of carbonyl (C=O) groups is 1. The van der Waals surface area contributed by atoms with Crippen molar-refractivity contribution >= 4 is 28.7 Å². The third-order valence-corrected chi connectivity index (χ3v) is 5.45. The molecule has 0 saturated heterocycles. The molecule has 2 heterocycles. The number of carbonyl (C=O) groups excluding carboxylic acids is 1. The molecule has 0 radical (unpaired) electrons. The molecule has 1 aliphatic heterocycles. The second kappa shape index (κ2) is 8.53. The van der Waals surface area contributed by atoms with Gasteiger partial charge in [0.05, 0.1) is 24.1 Å². The smallest absolute Gasteiger partial charge is 0.220 e. The number of hydrogen-bond acceptors (Lipinski definition) is 4. The Morgan fingerprint density at radius 1 is 1.20 bits per heavy atom. The summed E-state index contributed by atoms with van der Waals surface area (Å²) in [6.07, 6.45) is 4.78. The Morgan fingerprint density at radius 2 is 1.97 bits per heavy atom. The SMILES string of the molecule is CC[C@H](C)N(Cc1nc2ccc(Oc3ccc(C4=CC=NC4)cc3)cc2[nH]1)C(C)=O. The van der Waals surface area contributed by atoms with Crippen LogP contribution in [0.2, 0.25) is 0 Å². The average molecular weight is 402 g/mol. The highest BCUT2D eigenvalue weighted by atomic mass is 16.5. The first-order valence-electron chi connectivity index (χ1n) is 10.3. The summed E-state index contributed by atoms with van der Waals surface area (Å²) in [5, 5.41) is 0. The number of aromatic amines is 1. The second-order valence-electron chi connectivity index (χ2n) is 7.57. The first kappa shape index (κ1) is 19.9. The number of imidazole rings is 1. The highest BCUT2D eigenvalue weighted by Gasteiger charge is 2.17. The molecule has 3 aromatic rings. The Labute approximate surface area is 176 Å². The van der Waals surface area contributed by atoms with Crippen LogP contribution in [0.1, 0.15) is 38.6 Å². The zero-order valence-electron chi connectivity index (χ0n) is 17.6. The molecule has 1 aromatic heterocycles. The number of H-pyrrole nitrogens is 1. The molecule has 6 nitrogen and oxygen atoms in total. The highest BCUT2D eigenvalue weighted by molar-refractivity contribution is 5.89. The summed E-state index contributed by atoms with van der Waals surface area (Å²) < 4.78 is 6.03. The molecule has 0 fully saturated rings. The second-order valence-corrected chi connectivity index (χ2v) is 7.57. The number of ether oxygens (including phenoxy) is 1. The topological polar surface area (TPSA) is 70.6 Å². The van der Waals surface area contributed by atoms with E-state index in [2.05, 4.69) is 28.8 Å². The molecular formula is C24H26N4O2. The van der Waals surface area contributed by atoms with E-state index in [0.717, 1.165) is 46.9 Å². The lowest BCUT2D eigenvalue weighted by molar-refractivity contribution is -0.131. The van der Waals surface area contributed by atoms with Gasteiger partial charge in [0.2, 0.25) is 5.91 Å². The molecule has 4 rings (SSSR count). The standard InChI is InChI=1S/C24H26N4O2/c1-4-16(2)28(17(3)29)15-24-26-22-10-9-21(13-23(22)27-24)30-20-7-5-18(6-8-20)19-11-12-25-14-19/h5-13,16H,4,14-15H2,1-3H3,(H,26,27)/t16-/m0/s1. The largest absolute Gasteiger partial charge is 0.457 e. The van der Waals surface area contributed by atoms with E-state index in [1.54, 1.807) is 6.92 Å². The van der Waals surface area contributed by atoms with E-state index in [4.69, 9.17) is 4.74 Å². The minimum Gasteiger partial charge on any atom is -0.457 e. The molecule has 0 aliphatic carbocycles. The van der Waals surface area contributed by atoms with Gasteiger partial charge in [-0.25, -0.2) is 4.98 Å². The summed E-state index contributed by atoms with van der Waals surface area (Å²) in [6, 6.07) is 14.0. The van der Waals surface area contributed by atoms with Crippen molar-refractivity contribution in [2.75, 3.05) is 6.54 Å². The Hall–Kier alpha value is -3.41. The molecule has 1 amide bonds. The number of benzene rings is 2. The molecule has 1 N–H and O–H groups in total. The Bertz CT molecular complexity index is 1110. The summed E-state index contributed by atoms with van der Waals surface area (Å²) in [7, 11) is 0. The average Bonchev–Trinajstić information content (AvgIpc) is 3.41. The lowest BCUT2D eigenvalue weighted by Crippen LogP contribution is -2.36. The molecule has 30 heavy (non-hydrogen) atoms. The summed E-state index contributed by atoms with van der Waals surface area (Å²) in [5.74, 6) is 2.34. The van der Waals surface area contributed by atoms with E-state index in [0.29, 0.717) is 6.54 Å². The van der Waals surface area contributed by atoms with Crippen molar-refractivity contribution in [3.8, 4) is 11.5 Å². The quantitative estimate of drug-likeness (QED) is 0.606. The van der Waals surface area contributed by atoms with Gasteiger partial charge in [-0.2, -0.15) is 0 Å². The molecule has 6 heteroatoms. The predicted molar refractivity (Wildman–Crippen MR) is 120 cm³/mol. The van der Waals surface area contributed by atoms with Crippen molar-refractivity contribution in [2.45, 2.75) is 39.8 Å². The van der Waals surface area contributed by atoms with Gasteiger partial charge >= 0.3 is 0 Å². The fourth-order valence-corrected chi connectivity index (χ4v) is 3.55. The maximum atomic E-state index is 12.0. The molecule has 0 saturated carbocycles.